The SMILES string of the molecule is CCCCCCCCC(CCCCCCCC)C(C)C(C)C(C)CCCCC. The molecule has 0 radical (unpaired) electrons. The van der Waals surface area contributed by atoms with Crippen LogP contribution in [0, 0.1) is 23.7 Å². The van der Waals surface area contributed by atoms with Crippen LogP contribution in [-0.2, 0) is 0 Å². The molecule has 0 aliphatic rings. The third-order valence-electron chi connectivity index (χ3n) is 7.59. The molecular weight excluding hydrogens is 336 g/mol. The van der Waals surface area contributed by atoms with Crippen molar-refractivity contribution in [3.63, 3.8) is 0 Å². The van der Waals surface area contributed by atoms with Crippen molar-refractivity contribution in [2.45, 2.75) is 157 Å². The number of unbranched alkanes of at least 4 members (excludes halogenated alkanes) is 12. The van der Waals surface area contributed by atoms with Crippen LogP contribution in [0.4, 0.5) is 0 Å². The monoisotopic (exact) mass is 394 g/mol. The maximum absolute atomic E-state index is 2.60. The van der Waals surface area contributed by atoms with Crippen molar-refractivity contribution in [1.82, 2.24) is 0 Å². The Morgan fingerprint density at radius 3 is 1.21 bits per heavy atom. The van der Waals surface area contributed by atoms with Gasteiger partial charge in [-0.2, -0.15) is 0 Å². The van der Waals surface area contributed by atoms with Crippen LogP contribution >= 0.6 is 0 Å². The summed E-state index contributed by atoms with van der Waals surface area (Å²) in [5.74, 6) is 3.67. The van der Waals surface area contributed by atoms with Gasteiger partial charge in [-0.3, -0.25) is 0 Å². The highest BCUT2D eigenvalue weighted by Gasteiger charge is 2.25. The molecule has 0 heteroatoms. The van der Waals surface area contributed by atoms with Crippen LogP contribution in [0.2, 0.25) is 0 Å². The summed E-state index contributed by atoms with van der Waals surface area (Å²) in [6.45, 7) is 14.7. The number of rotatable bonds is 21. The van der Waals surface area contributed by atoms with Gasteiger partial charge < -0.3 is 0 Å². The van der Waals surface area contributed by atoms with Crippen LogP contribution in [0.3, 0.4) is 0 Å². The number of hydrogen-bond donors (Lipinski definition) is 0. The first-order valence-corrected chi connectivity index (χ1v) is 13.6. The van der Waals surface area contributed by atoms with Gasteiger partial charge in [-0.25, -0.2) is 0 Å². The summed E-state index contributed by atoms with van der Waals surface area (Å²) in [6.07, 6.45) is 26.0. The third kappa shape index (κ3) is 14.9. The van der Waals surface area contributed by atoms with Gasteiger partial charge in [0.05, 0.1) is 0 Å². The summed E-state index contributed by atoms with van der Waals surface area (Å²) in [4.78, 5) is 0. The first-order valence-electron chi connectivity index (χ1n) is 13.6. The molecule has 3 unspecified atom stereocenters. The lowest BCUT2D eigenvalue weighted by Gasteiger charge is -2.33. The zero-order valence-electron chi connectivity index (χ0n) is 21.0. The maximum Gasteiger partial charge on any atom is -0.0386 e. The van der Waals surface area contributed by atoms with E-state index in [0.717, 1.165) is 23.7 Å². The van der Waals surface area contributed by atoms with Crippen molar-refractivity contribution in [3.8, 4) is 0 Å². The molecule has 0 bridgehead atoms. The molecule has 0 N–H and O–H groups in total. The molecule has 0 heterocycles. The van der Waals surface area contributed by atoms with Crippen LogP contribution in [0.25, 0.3) is 0 Å². The van der Waals surface area contributed by atoms with Gasteiger partial charge in [-0.15, -0.1) is 0 Å². The molecule has 0 fully saturated rings. The van der Waals surface area contributed by atoms with E-state index in [1.807, 2.05) is 0 Å². The molecule has 0 aromatic rings. The summed E-state index contributed by atoms with van der Waals surface area (Å²) in [7, 11) is 0. The van der Waals surface area contributed by atoms with Crippen LogP contribution in [-0.4, -0.2) is 0 Å². The summed E-state index contributed by atoms with van der Waals surface area (Å²) in [5.41, 5.74) is 0. The van der Waals surface area contributed by atoms with E-state index < -0.39 is 0 Å². The Kier molecular flexibility index (Phi) is 20.3. The average Bonchev–Trinajstić information content (AvgIpc) is 2.70. The van der Waals surface area contributed by atoms with Gasteiger partial charge in [0.1, 0.15) is 0 Å². The van der Waals surface area contributed by atoms with Crippen LogP contribution in [0.15, 0.2) is 0 Å². The fourth-order valence-corrected chi connectivity index (χ4v) is 4.97. The Bertz CT molecular complexity index is 278. The van der Waals surface area contributed by atoms with Crippen molar-refractivity contribution in [3.05, 3.63) is 0 Å². The molecule has 0 aliphatic heterocycles. The third-order valence-corrected chi connectivity index (χ3v) is 7.59. The van der Waals surface area contributed by atoms with Gasteiger partial charge in [-0.1, -0.05) is 157 Å². The molecule has 0 amide bonds. The van der Waals surface area contributed by atoms with E-state index in [4.69, 9.17) is 0 Å². The van der Waals surface area contributed by atoms with Crippen molar-refractivity contribution in [2.75, 3.05) is 0 Å². The summed E-state index contributed by atoms with van der Waals surface area (Å²) >= 11 is 0. The smallest absolute Gasteiger partial charge is 0.0386 e. The quantitative estimate of drug-likeness (QED) is 0.170. The first kappa shape index (κ1) is 28.0. The van der Waals surface area contributed by atoms with Gasteiger partial charge in [0.15, 0.2) is 0 Å². The van der Waals surface area contributed by atoms with E-state index >= 15 is 0 Å². The van der Waals surface area contributed by atoms with Gasteiger partial charge in [0, 0.05) is 0 Å². The Morgan fingerprint density at radius 1 is 0.393 bits per heavy atom. The van der Waals surface area contributed by atoms with Crippen molar-refractivity contribution < 1.29 is 0 Å². The van der Waals surface area contributed by atoms with E-state index in [2.05, 4.69) is 41.5 Å². The van der Waals surface area contributed by atoms with E-state index in [-0.39, 0.29) is 0 Å². The van der Waals surface area contributed by atoms with Gasteiger partial charge in [0.2, 0.25) is 0 Å². The van der Waals surface area contributed by atoms with Crippen molar-refractivity contribution in [2.24, 2.45) is 23.7 Å². The van der Waals surface area contributed by atoms with E-state index in [1.54, 1.807) is 0 Å². The summed E-state index contributed by atoms with van der Waals surface area (Å²) in [5, 5.41) is 0. The second-order valence-electron chi connectivity index (χ2n) is 10.1. The molecule has 0 aliphatic carbocycles. The van der Waals surface area contributed by atoms with Gasteiger partial charge in [-0.05, 0) is 23.7 Å². The minimum Gasteiger partial charge on any atom is -0.0654 e. The van der Waals surface area contributed by atoms with Crippen molar-refractivity contribution >= 4 is 0 Å². The zero-order chi connectivity index (χ0) is 21.0. The molecule has 0 nitrogen and oxygen atoms in total. The lowest BCUT2D eigenvalue weighted by atomic mass is 9.73. The lowest BCUT2D eigenvalue weighted by molar-refractivity contribution is 0.170. The van der Waals surface area contributed by atoms with Crippen LogP contribution in [0.1, 0.15) is 157 Å². The molecule has 0 saturated heterocycles. The summed E-state index contributed by atoms with van der Waals surface area (Å²) < 4.78 is 0. The molecule has 0 spiro atoms. The second kappa shape index (κ2) is 20.3. The molecule has 3 atom stereocenters. The fourth-order valence-electron chi connectivity index (χ4n) is 4.97. The Morgan fingerprint density at radius 2 is 0.750 bits per heavy atom. The Balaban J connectivity index is 4.40. The lowest BCUT2D eigenvalue weighted by Crippen LogP contribution is -2.24. The molecule has 0 saturated carbocycles. The minimum absolute atomic E-state index is 0.891. The second-order valence-corrected chi connectivity index (χ2v) is 10.1. The van der Waals surface area contributed by atoms with Gasteiger partial charge >= 0.3 is 0 Å². The first-order chi connectivity index (χ1) is 13.6. The van der Waals surface area contributed by atoms with Crippen LogP contribution in [0.5, 0.6) is 0 Å². The van der Waals surface area contributed by atoms with Gasteiger partial charge in [0.25, 0.3) is 0 Å². The minimum atomic E-state index is 0.891. The molecular formula is C28H58. The van der Waals surface area contributed by atoms with E-state index in [0.29, 0.717) is 0 Å². The molecule has 0 rings (SSSR count). The van der Waals surface area contributed by atoms with Crippen molar-refractivity contribution in [1.29, 1.82) is 0 Å². The highest BCUT2D eigenvalue weighted by atomic mass is 14.3. The Labute approximate surface area is 181 Å². The fraction of sp³-hybridized carbons (Fsp3) is 1.00. The van der Waals surface area contributed by atoms with E-state index in [9.17, 15) is 0 Å². The molecule has 0 aromatic carbocycles. The Hall–Kier alpha value is 0. The largest absolute Gasteiger partial charge is 0.0654 e. The number of hydrogen-bond acceptors (Lipinski definition) is 0. The highest BCUT2D eigenvalue weighted by Crippen LogP contribution is 2.35. The normalized spacial score (nSPS) is 15.1. The molecule has 0 aromatic heterocycles. The zero-order valence-corrected chi connectivity index (χ0v) is 21.0. The standard InChI is InChI=1S/C28H58/c1-7-10-13-15-17-20-23-28(24-21-18-16-14-11-8-2)27(6)26(5)25(4)22-19-12-9-3/h25-28H,7-24H2,1-6H3. The highest BCUT2D eigenvalue weighted by molar-refractivity contribution is 4.76. The maximum atomic E-state index is 2.60. The topological polar surface area (TPSA) is 0 Å². The molecule has 28 heavy (non-hydrogen) atoms. The van der Waals surface area contributed by atoms with E-state index in [1.165, 1.54) is 116 Å². The predicted molar refractivity (Wildman–Crippen MR) is 131 cm³/mol. The summed E-state index contributed by atoms with van der Waals surface area (Å²) in [6, 6.07) is 0. The predicted octanol–water partition coefficient (Wildman–Crippen LogP) is 10.6. The average molecular weight is 395 g/mol. The van der Waals surface area contributed by atoms with Crippen LogP contribution < -0.4 is 0 Å². The molecule has 170 valence electrons.